The Morgan fingerprint density at radius 3 is 3.00 bits per heavy atom. The Labute approximate surface area is 102 Å². The van der Waals surface area contributed by atoms with E-state index in [1.165, 1.54) is 0 Å². The Balaban J connectivity index is 2.99. The van der Waals surface area contributed by atoms with Gasteiger partial charge in [-0.3, -0.25) is 4.79 Å². The number of anilines is 1. The first-order valence-corrected chi connectivity index (χ1v) is 5.51. The summed E-state index contributed by atoms with van der Waals surface area (Å²) in [7, 11) is 1.65. The summed E-state index contributed by atoms with van der Waals surface area (Å²) in [5.74, 6) is 0.705. The Hall–Kier alpha value is -1.68. The summed E-state index contributed by atoms with van der Waals surface area (Å²) in [6.45, 7) is 7.16. The normalized spacial score (nSPS) is 10.0. The molecule has 1 heterocycles. The van der Waals surface area contributed by atoms with Crippen molar-refractivity contribution in [1.29, 1.82) is 0 Å². The van der Waals surface area contributed by atoms with E-state index >= 15 is 0 Å². The summed E-state index contributed by atoms with van der Waals surface area (Å²) in [5, 5.41) is 0. The molecule has 4 heteroatoms. The lowest BCUT2D eigenvalue weighted by molar-refractivity contribution is 0.101. The van der Waals surface area contributed by atoms with E-state index < -0.39 is 0 Å². The predicted molar refractivity (Wildman–Crippen MR) is 68.5 cm³/mol. The quantitative estimate of drug-likeness (QED) is 0.534. The fourth-order valence-corrected chi connectivity index (χ4v) is 1.56. The zero-order valence-electron chi connectivity index (χ0n) is 10.3. The van der Waals surface area contributed by atoms with E-state index in [1.807, 2.05) is 4.90 Å². The Bertz CT molecular complexity index is 391. The number of pyridine rings is 1. The average Bonchev–Trinajstić information content (AvgIpc) is 2.34. The van der Waals surface area contributed by atoms with Crippen molar-refractivity contribution in [3.05, 3.63) is 36.5 Å². The number of nitrogens with zero attached hydrogens (tertiary/aromatic N) is 2. The average molecular weight is 234 g/mol. The van der Waals surface area contributed by atoms with E-state index in [1.54, 1.807) is 38.4 Å². The standard InChI is InChI=1S/C13H18N2O2/c1-4-8-15(9-10-17-3)13-12(11(2)16)6-5-7-14-13/h4-7H,1,8-10H2,2-3H3. The van der Waals surface area contributed by atoms with Gasteiger partial charge < -0.3 is 9.64 Å². The molecule has 4 nitrogen and oxygen atoms in total. The van der Waals surface area contributed by atoms with Gasteiger partial charge in [0.05, 0.1) is 12.2 Å². The van der Waals surface area contributed by atoms with Crippen LogP contribution in [-0.2, 0) is 4.74 Å². The fraction of sp³-hybridized carbons (Fsp3) is 0.385. The maximum Gasteiger partial charge on any atom is 0.163 e. The van der Waals surface area contributed by atoms with E-state index in [2.05, 4.69) is 11.6 Å². The van der Waals surface area contributed by atoms with Gasteiger partial charge in [0.15, 0.2) is 5.78 Å². The molecule has 0 atom stereocenters. The van der Waals surface area contributed by atoms with Gasteiger partial charge in [-0.15, -0.1) is 6.58 Å². The van der Waals surface area contributed by atoms with Crippen LogP contribution in [0.5, 0.6) is 0 Å². The van der Waals surface area contributed by atoms with Gasteiger partial charge in [0, 0.05) is 26.4 Å². The molecule has 0 bridgehead atoms. The minimum Gasteiger partial charge on any atom is -0.383 e. The highest BCUT2D eigenvalue weighted by Gasteiger charge is 2.13. The summed E-state index contributed by atoms with van der Waals surface area (Å²) >= 11 is 0. The summed E-state index contributed by atoms with van der Waals surface area (Å²) in [5.41, 5.74) is 0.630. The van der Waals surface area contributed by atoms with E-state index in [0.29, 0.717) is 31.1 Å². The molecule has 0 fully saturated rings. The van der Waals surface area contributed by atoms with Gasteiger partial charge in [-0.1, -0.05) is 6.08 Å². The molecule has 0 aliphatic heterocycles. The molecule has 92 valence electrons. The third-order valence-corrected chi connectivity index (χ3v) is 2.38. The number of methoxy groups -OCH3 is 1. The second-order valence-electron chi connectivity index (χ2n) is 3.66. The Morgan fingerprint density at radius 2 is 2.41 bits per heavy atom. The topological polar surface area (TPSA) is 42.4 Å². The molecule has 0 N–H and O–H groups in total. The lowest BCUT2D eigenvalue weighted by atomic mass is 10.2. The summed E-state index contributed by atoms with van der Waals surface area (Å²) in [6, 6.07) is 3.55. The van der Waals surface area contributed by atoms with Crippen molar-refractivity contribution in [2.45, 2.75) is 6.92 Å². The first kappa shape index (κ1) is 13.4. The van der Waals surface area contributed by atoms with Gasteiger partial charge in [-0.2, -0.15) is 0 Å². The third kappa shape index (κ3) is 3.67. The molecule has 1 rings (SSSR count). The van der Waals surface area contributed by atoms with E-state index in [0.717, 1.165) is 0 Å². The largest absolute Gasteiger partial charge is 0.383 e. The molecule has 1 aromatic heterocycles. The number of aromatic nitrogens is 1. The molecule has 0 radical (unpaired) electrons. The number of ketones is 1. The number of ether oxygens (including phenoxy) is 1. The van der Waals surface area contributed by atoms with Crippen molar-refractivity contribution in [2.24, 2.45) is 0 Å². The van der Waals surface area contributed by atoms with E-state index in [9.17, 15) is 4.79 Å². The van der Waals surface area contributed by atoms with Crippen LogP contribution in [0.25, 0.3) is 0 Å². The van der Waals surface area contributed by atoms with Crippen molar-refractivity contribution in [2.75, 3.05) is 31.7 Å². The van der Waals surface area contributed by atoms with Gasteiger partial charge in [0.25, 0.3) is 0 Å². The highest BCUT2D eigenvalue weighted by molar-refractivity contribution is 5.98. The van der Waals surface area contributed by atoms with Crippen LogP contribution in [-0.4, -0.2) is 37.6 Å². The number of carbonyl (C=O) groups excluding carboxylic acids is 1. The summed E-state index contributed by atoms with van der Waals surface area (Å²) in [4.78, 5) is 17.8. The lowest BCUT2D eigenvalue weighted by Gasteiger charge is -2.23. The van der Waals surface area contributed by atoms with Crippen LogP contribution in [0.1, 0.15) is 17.3 Å². The molecule has 0 saturated heterocycles. The fourth-order valence-electron chi connectivity index (χ4n) is 1.56. The number of carbonyl (C=O) groups is 1. The monoisotopic (exact) mass is 234 g/mol. The number of rotatable bonds is 7. The molecule has 0 spiro atoms. The van der Waals surface area contributed by atoms with Crippen LogP contribution in [0.15, 0.2) is 31.0 Å². The van der Waals surface area contributed by atoms with Crippen LogP contribution in [0.2, 0.25) is 0 Å². The van der Waals surface area contributed by atoms with Gasteiger partial charge in [0.1, 0.15) is 5.82 Å². The van der Waals surface area contributed by atoms with Gasteiger partial charge >= 0.3 is 0 Å². The molecule has 1 aromatic rings. The first-order chi connectivity index (χ1) is 8.20. The predicted octanol–water partition coefficient (Wildman–Crippen LogP) is 1.92. The molecule has 17 heavy (non-hydrogen) atoms. The van der Waals surface area contributed by atoms with Crippen molar-refractivity contribution in [3.63, 3.8) is 0 Å². The van der Waals surface area contributed by atoms with Crippen molar-refractivity contribution in [3.8, 4) is 0 Å². The van der Waals surface area contributed by atoms with Crippen LogP contribution in [0, 0.1) is 0 Å². The highest BCUT2D eigenvalue weighted by Crippen LogP contribution is 2.17. The zero-order chi connectivity index (χ0) is 12.7. The number of hydrogen-bond acceptors (Lipinski definition) is 4. The maximum absolute atomic E-state index is 11.5. The smallest absolute Gasteiger partial charge is 0.163 e. The highest BCUT2D eigenvalue weighted by atomic mass is 16.5. The molecule has 0 amide bonds. The van der Waals surface area contributed by atoms with Crippen LogP contribution in [0.4, 0.5) is 5.82 Å². The van der Waals surface area contributed by atoms with Crippen LogP contribution in [0.3, 0.4) is 0 Å². The third-order valence-electron chi connectivity index (χ3n) is 2.38. The summed E-state index contributed by atoms with van der Waals surface area (Å²) < 4.78 is 5.05. The first-order valence-electron chi connectivity index (χ1n) is 5.51. The van der Waals surface area contributed by atoms with Crippen LogP contribution < -0.4 is 4.90 Å². The van der Waals surface area contributed by atoms with E-state index in [4.69, 9.17) is 4.74 Å². The summed E-state index contributed by atoms with van der Waals surface area (Å²) in [6.07, 6.45) is 3.47. The minimum atomic E-state index is 0.0135. The second-order valence-corrected chi connectivity index (χ2v) is 3.66. The molecule has 0 aliphatic rings. The number of Topliss-reactive ketones (excluding diaryl/α,β-unsaturated/α-hetero) is 1. The molecule has 0 aromatic carbocycles. The Morgan fingerprint density at radius 1 is 1.65 bits per heavy atom. The Kier molecular flexibility index (Phi) is 5.36. The van der Waals surface area contributed by atoms with Crippen molar-refractivity contribution in [1.82, 2.24) is 4.98 Å². The zero-order valence-corrected chi connectivity index (χ0v) is 10.3. The van der Waals surface area contributed by atoms with Crippen molar-refractivity contribution < 1.29 is 9.53 Å². The molecule has 0 saturated carbocycles. The van der Waals surface area contributed by atoms with Crippen LogP contribution >= 0.6 is 0 Å². The number of hydrogen-bond donors (Lipinski definition) is 0. The molecule has 0 unspecified atom stereocenters. The second kappa shape index (κ2) is 6.81. The molecular formula is C13H18N2O2. The molecule has 0 aliphatic carbocycles. The van der Waals surface area contributed by atoms with Crippen molar-refractivity contribution >= 4 is 11.6 Å². The van der Waals surface area contributed by atoms with Gasteiger partial charge in [-0.25, -0.2) is 4.98 Å². The molecular weight excluding hydrogens is 216 g/mol. The van der Waals surface area contributed by atoms with E-state index in [-0.39, 0.29) is 5.78 Å². The maximum atomic E-state index is 11.5. The lowest BCUT2D eigenvalue weighted by Crippen LogP contribution is -2.29. The van der Waals surface area contributed by atoms with Gasteiger partial charge in [-0.05, 0) is 19.1 Å². The van der Waals surface area contributed by atoms with Gasteiger partial charge in [0.2, 0.25) is 0 Å². The minimum absolute atomic E-state index is 0.0135. The SMILES string of the molecule is C=CCN(CCOC)c1ncccc1C(C)=O.